The number of Topliss-reactive ketones (excluding diaryl/α,β-unsaturated/α-hetero) is 1. The lowest BCUT2D eigenvalue weighted by Crippen LogP contribution is -2.29. The van der Waals surface area contributed by atoms with Crippen LogP contribution < -0.4 is 9.64 Å². The lowest BCUT2D eigenvalue weighted by molar-refractivity contribution is -0.132. The zero-order chi connectivity index (χ0) is 25.8. The maximum atomic E-state index is 13.4. The second-order valence-electron chi connectivity index (χ2n) is 8.86. The van der Waals surface area contributed by atoms with Crippen molar-refractivity contribution in [2.45, 2.75) is 25.5 Å². The molecule has 1 amide bonds. The summed E-state index contributed by atoms with van der Waals surface area (Å²) in [6, 6.07) is 13.7. The van der Waals surface area contributed by atoms with Gasteiger partial charge in [0.25, 0.3) is 5.78 Å². The molecular weight excluding hydrogens is 494 g/mol. The molecule has 1 saturated heterocycles. The number of amides is 1. The van der Waals surface area contributed by atoms with Crippen LogP contribution in [0.5, 0.6) is 5.75 Å². The number of hydrogen-bond donors (Lipinski definition) is 2. The summed E-state index contributed by atoms with van der Waals surface area (Å²) >= 11 is 1.09. The zero-order valence-electron chi connectivity index (χ0n) is 19.4. The maximum absolute atomic E-state index is 13.4. The molecule has 2 aromatic carbocycles. The van der Waals surface area contributed by atoms with E-state index in [1.54, 1.807) is 48.7 Å². The maximum Gasteiger partial charge on any atom is 0.335 e. The molecular formula is C27H19N3O6S. The van der Waals surface area contributed by atoms with E-state index in [9.17, 15) is 24.6 Å². The predicted molar refractivity (Wildman–Crippen MR) is 136 cm³/mol. The fourth-order valence-corrected chi connectivity index (χ4v) is 5.75. The Balaban J connectivity index is 1.51. The van der Waals surface area contributed by atoms with Gasteiger partial charge in [0.05, 0.1) is 27.0 Å². The van der Waals surface area contributed by atoms with Gasteiger partial charge in [-0.25, -0.2) is 9.78 Å². The van der Waals surface area contributed by atoms with Gasteiger partial charge in [0.1, 0.15) is 23.7 Å². The topological polar surface area (TPSA) is 130 Å². The normalized spacial score (nSPS) is 20.3. The summed E-state index contributed by atoms with van der Waals surface area (Å²) in [6.45, 7) is 1.95. The summed E-state index contributed by atoms with van der Waals surface area (Å²) in [5.41, 5.74) is 2.15. The number of hydrogen-bond acceptors (Lipinski definition) is 8. The summed E-state index contributed by atoms with van der Waals surface area (Å²) in [7, 11) is 0. The molecule has 9 nitrogen and oxygen atoms in total. The number of carbonyl (C=O) groups excluding carboxylic acids is 2. The van der Waals surface area contributed by atoms with E-state index >= 15 is 0 Å². The molecule has 2 aliphatic rings. The van der Waals surface area contributed by atoms with Crippen molar-refractivity contribution in [1.82, 2.24) is 9.97 Å². The highest BCUT2D eigenvalue weighted by molar-refractivity contribution is 7.22. The number of carboxylic acid groups (broad SMARTS) is 1. The Hall–Kier alpha value is -4.57. The smallest absolute Gasteiger partial charge is 0.335 e. The molecule has 0 radical (unpaired) electrons. The van der Waals surface area contributed by atoms with Gasteiger partial charge in [-0.3, -0.25) is 19.5 Å². The minimum absolute atomic E-state index is 0.00664. The molecule has 2 atom stereocenters. The minimum atomic E-state index is -1.08. The molecule has 0 bridgehead atoms. The number of carboxylic acids is 1. The molecule has 0 aliphatic carbocycles. The average Bonchev–Trinajstić information content (AvgIpc) is 3.55. The van der Waals surface area contributed by atoms with Gasteiger partial charge in [-0.15, -0.1) is 0 Å². The van der Waals surface area contributed by atoms with Crippen molar-refractivity contribution >= 4 is 50.1 Å². The molecule has 2 aliphatic heterocycles. The zero-order valence-corrected chi connectivity index (χ0v) is 20.2. The van der Waals surface area contributed by atoms with Crippen LogP contribution in [0.25, 0.3) is 16.0 Å². The van der Waals surface area contributed by atoms with E-state index in [-0.39, 0.29) is 28.1 Å². The molecule has 0 saturated carbocycles. The Morgan fingerprint density at radius 1 is 1.08 bits per heavy atom. The number of fused-ring (bicyclic) bond motifs is 2. The predicted octanol–water partition coefficient (Wildman–Crippen LogP) is 4.34. The summed E-state index contributed by atoms with van der Waals surface area (Å²) < 4.78 is 6.29. The first-order valence-corrected chi connectivity index (χ1v) is 12.3. The number of aromatic nitrogens is 2. The highest BCUT2D eigenvalue weighted by Crippen LogP contribution is 2.44. The first-order valence-electron chi connectivity index (χ1n) is 11.5. The van der Waals surface area contributed by atoms with Crippen LogP contribution in [-0.4, -0.2) is 43.9 Å². The van der Waals surface area contributed by atoms with Gasteiger partial charge in [-0.1, -0.05) is 17.4 Å². The number of aromatic carboxylic acids is 1. The van der Waals surface area contributed by atoms with Gasteiger partial charge >= 0.3 is 11.9 Å². The van der Waals surface area contributed by atoms with E-state index in [4.69, 9.17) is 4.74 Å². The Kier molecular flexibility index (Phi) is 5.27. The van der Waals surface area contributed by atoms with Gasteiger partial charge < -0.3 is 14.9 Å². The second kappa shape index (κ2) is 8.52. The Morgan fingerprint density at radius 3 is 2.65 bits per heavy atom. The van der Waals surface area contributed by atoms with Crippen LogP contribution in [0.3, 0.4) is 0 Å². The van der Waals surface area contributed by atoms with Crippen LogP contribution >= 0.6 is 11.3 Å². The standard InChI is InChI=1S/C27H19N3O6S/c1-13-10-16-11-14(6-8-19(16)36-13)23(31)21-22(18-4-2-3-9-28-18)30(25(33)24(21)32)27-29-17-7-5-15(26(34)35)12-20(17)37-27/h2-9,11-13,22,31H,10H2,1H3,(H,34,35)/b23-21+. The summed E-state index contributed by atoms with van der Waals surface area (Å²) in [5.74, 6) is -2.38. The third kappa shape index (κ3) is 3.73. The van der Waals surface area contributed by atoms with Crippen molar-refractivity contribution in [3.63, 3.8) is 0 Å². The lowest BCUT2D eigenvalue weighted by atomic mass is 9.97. The highest BCUT2D eigenvalue weighted by Gasteiger charge is 2.49. The van der Waals surface area contributed by atoms with Gasteiger partial charge in [0.2, 0.25) is 0 Å². The first-order chi connectivity index (χ1) is 17.8. The third-order valence-electron chi connectivity index (χ3n) is 6.41. The van der Waals surface area contributed by atoms with Crippen LogP contribution in [0, 0.1) is 0 Å². The Labute approximate surface area is 214 Å². The monoisotopic (exact) mass is 513 g/mol. The number of aliphatic hydroxyl groups excluding tert-OH is 1. The Bertz CT molecular complexity index is 1640. The van der Waals surface area contributed by atoms with Crippen LogP contribution in [-0.2, 0) is 16.0 Å². The van der Waals surface area contributed by atoms with Crippen molar-refractivity contribution < 1.29 is 29.3 Å². The number of ketones is 1. The largest absolute Gasteiger partial charge is 0.507 e. The van der Waals surface area contributed by atoms with Crippen LogP contribution in [0.1, 0.15) is 40.1 Å². The van der Waals surface area contributed by atoms with E-state index in [1.807, 2.05) is 6.92 Å². The summed E-state index contributed by atoms with van der Waals surface area (Å²) in [4.78, 5) is 48.3. The van der Waals surface area contributed by atoms with Crippen molar-refractivity contribution in [1.29, 1.82) is 0 Å². The SMILES string of the molecule is CC1Cc2cc(/C(O)=C3\C(=O)C(=O)N(c4nc5ccc(C(=O)O)cc5s4)C3c3ccccn3)ccc2O1. The molecule has 6 rings (SSSR count). The van der Waals surface area contributed by atoms with E-state index in [1.165, 1.54) is 17.0 Å². The van der Waals surface area contributed by atoms with E-state index in [2.05, 4.69) is 9.97 Å². The van der Waals surface area contributed by atoms with Crippen molar-refractivity contribution in [2.75, 3.05) is 4.90 Å². The average molecular weight is 514 g/mol. The number of aliphatic hydroxyl groups is 1. The molecule has 0 spiro atoms. The molecule has 184 valence electrons. The molecule has 10 heteroatoms. The Morgan fingerprint density at radius 2 is 1.89 bits per heavy atom. The number of rotatable bonds is 4. The molecule has 2 aromatic heterocycles. The number of pyridine rings is 1. The molecule has 2 N–H and O–H groups in total. The van der Waals surface area contributed by atoms with Crippen LogP contribution in [0.2, 0.25) is 0 Å². The molecule has 2 unspecified atom stereocenters. The van der Waals surface area contributed by atoms with Crippen LogP contribution in [0.4, 0.5) is 5.13 Å². The van der Waals surface area contributed by atoms with E-state index in [0.29, 0.717) is 27.9 Å². The number of anilines is 1. The number of carbonyl (C=O) groups is 3. The molecule has 1 fully saturated rings. The van der Waals surface area contributed by atoms with Crippen molar-refractivity contribution in [2.24, 2.45) is 0 Å². The van der Waals surface area contributed by atoms with Gasteiger partial charge in [0, 0.05) is 18.2 Å². The molecule has 4 aromatic rings. The van der Waals surface area contributed by atoms with Crippen molar-refractivity contribution in [3.8, 4) is 5.75 Å². The van der Waals surface area contributed by atoms with Gasteiger partial charge in [-0.2, -0.15) is 0 Å². The quantitative estimate of drug-likeness (QED) is 0.234. The lowest BCUT2D eigenvalue weighted by Gasteiger charge is -2.22. The molecule has 4 heterocycles. The van der Waals surface area contributed by atoms with Gasteiger partial charge in [-0.05, 0) is 61.0 Å². The summed E-state index contributed by atoms with van der Waals surface area (Å²) in [6.07, 6.45) is 2.21. The van der Waals surface area contributed by atoms with Crippen LogP contribution in [0.15, 0.2) is 66.4 Å². The number of benzene rings is 2. The fraction of sp³-hybridized carbons (Fsp3) is 0.148. The van der Waals surface area contributed by atoms with E-state index in [0.717, 1.165) is 22.6 Å². The van der Waals surface area contributed by atoms with Crippen molar-refractivity contribution in [3.05, 3.63) is 88.8 Å². The summed E-state index contributed by atoms with van der Waals surface area (Å²) in [5, 5.41) is 20.9. The number of nitrogens with zero attached hydrogens (tertiary/aromatic N) is 3. The fourth-order valence-electron chi connectivity index (χ4n) is 4.72. The highest BCUT2D eigenvalue weighted by atomic mass is 32.1. The second-order valence-corrected chi connectivity index (χ2v) is 9.87. The first kappa shape index (κ1) is 22.9. The minimum Gasteiger partial charge on any atom is -0.507 e. The third-order valence-corrected chi connectivity index (χ3v) is 7.43. The number of ether oxygens (including phenoxy) is 1. The van der Waals surface area contributed by atoms with Gasteiger partial charge in [0.15, 0.2) is 5.13 Å². The van der Waals surface area contributed by atoms with E-state index < -0.39 is 23.7 Å². The number of thiazole rings is 1. The molecule has 37 heavy (non-hydrogen) atoms.